The lowest BCUT2D eigenvalue weighted by Gasteiger charge is -2.09. The summed E-state index contributed by atoms with van der Waals surface area (Å²) >= 11 is 3.37. The summed E-state index contributed by atoms with van der Waals surface area (Å²) in [6.45, 7) is 0. The van der Waals surface area contributed by atoms with E-state index in [1.807, 2.05) is 30.3 Å². The minimum atomic E-state index is -0.170. The Hall–Kier alpha value is -2.14. The number of halogens is 1. The van der Waals surface area contributed by atoms with Gasteiger partial charge in [0.05, 0.1) is 23.7 Å². The molecule has 0 amide bonds. The van der Waals surface area contributed by atoms with Crippen LogP contribution in [0, 0.1) is 0 Å². The van der Waals surface area contributed by atoms with Gasteiger partial charge in [-0.05, 0) is 30.3 Å². The van der Waals surface area contributed by atoms with Gasteiger partial charge in [-0.1, -0.05) is 28.1 Å². The van der Waals surface area contributed by atoms with Crippen LogP contribution in [0.5, 0.6) is 5.75 Å². The van der Waals surface area contributed by atoms with Crippen molar-refractivity contribution in [3.63, 3.8) is 0 Å². The average molecular weight is 331 g/mol. The Labute approximate surface area is 124 Å². The molecule has 4 nitrogen and oxygen atoms in total. The zero-order valence-electron chi connectivity index (χ0n) is 10.7. The summed E-state index contributed by atoms with van der Waals surface area (Å²) in [5.74, 6) is 0.368. The molecule has 0 saturated heterocycles. The highest BCUT2D eigenvalue weighted by molar-refractivity contribution is 9.10. The molecule has 0 aliphatic heterocycles. The van der Waals surface area contributed by atoms with Gasteiger partial charge in [-0.3, -0.25) is 9.36 Å². The molecule has 1 aromatic heterocycles. The third kappa shape index (κ3) is 2.10. The maximum atomic E-state index is 12.7. The molecular formula is C15H11BrN2O2. The Morgan fingerprint density at radius 3 is 2.85 bits per heavy atom. The number of methoxy groups -OCH3 is 1. The lowest BCUT2D eigenvalue weighted by molar-refractivity contribution is 0.0961. The van der Waals surface area contributed by atoms with Crippen molar-refractivity contribution in [1.29, 1.82) is 0 Å². The standard InChI is InChI=1S/C15H11BrN2O2/c1-20-14-7-6-10(16)8-11(14)15(19)18-9-17-12-4-2-3-5-13(12)18/h2-9H,1H3. The molecule has 1 heterocycles. The molecule has 3 rings (SSSR count). The lowest BCUT2D eigenvalue weighted by Crippen LogP contribution is -2.12. The van der Waals surface area contributed by atoms with E-state index in [1.165, 1.54) is 10.9 Å². The third-order valence-electron chi connectivity index (χ3n) is 3.06. The van der Waals surface area contributed by atoms with Crippen molar-refractivity contribution in [3.05, 3.63) is 58.8 Å². The number of rotatable bonds is 2. The average Bonchev–Trinajstić information content (AvgIpc) is 2.90. The van der Waals surface area contributed by atoms with E-state index in [2.05, 4.69) is 20.9 Å². The fourth-order valence-corrected chi connectivity index (χ4v) is 2.46. The topological polar surface area (TPSA) is 44.1 Å². The normalized spacial score (nSPS) is 10.7. The molecule has 0 radical (unpaired) electrons. The van der Waals surface area contributed by atoms with E-state index >= 15 is 0 Å². The van der Waals surface area contributed by atoms with Crippen molar-refractivity contribution < 1.29 is 9.53 Å². The van der Waals surface area contributed by atoms with Crippen molar-refractivity contribution in [2.45, 2.75) is 0 Å². The van der Waals surface area contributed by atoms with E-state index in [-0.39, 0.29) is 5.91 Å². The third-order valence-corrected chi connectivity index (χ3v) is 3.56. The van der Waals surface area contributed by atoms with Gasteiger partial charge in [-0.15, -0.1) is 0 Å². The molecule has 3 aromatic rings. The van der Waals surface area contributed by atoms with Crippen molar-refractivity contribution >= 4 is 32.9 Å². The first-order valence-corrected chi connectivity index (χ1v) is 6.80. The van der Waals surface area contributed by atoms with Crippen LogP contribution < -0.4 is 4.74 Å². The molecule has 0 fully saturated rings. The van der Waals surface area contributed by atoms with Gasteiger partial charge >= 0.3 is 0 Å². The minimum Gasteiger partial charge on any atom is -0.496 e. The van der Waals surface area contributed by atoms with Crippen LogP contribution in [0.25, 0.3) is 11.0 Å². The van der Waals surface area contributed by atoms with Crippen LogP contribution in [0.15, 0.2) is 53.3 Å². The molecule has 0 saturated carbocycles. The fourth-order valence-electron chi connectivity index (χ4n) is 2.10. The summed E-state index contributed by atoms with van der Waals surface area (Å²) in [7, 11) is 1.55. The van der Waals surface area contributed by atoms with Gasteiger partial charge < -0.3 is 4.74 Å². The summed E-state index contributed by atoms with van der Waals surface area (Å²) in [5, 5.41) is 0. The zero-order valence-corrected chi connectivity index (χ0v) is 12.3. The fraction of sp³-hybridized carbons (Fsp3) is 0.0667. The smallest absolute Gasteiger partial charge is 0.267 e. The van der Waals surface area contributed by atoms with E-state index in [0.29, 0.717) is 11.3 Å². The van der Waals surface area contributed by atoms with Gasteiger partial charge in [0.15, 0.2) is 0 Å². The van der Waals surface area contributed by atoms with Gasteiger partial charge in [0, 0.05) is 4.47 Å². The molecule has 0 atom stereocenters. The maximum absolute atomic E-state index is 12.7. The number of fused-ring (bicyclic) bond motifs is 1. The van der Waals surface area contributed by atoms with E-state index in [9.17, 15) is 4.79 Å². The molecule has 0 bridgehead atoms. The van der Waals surface area contributed by atoms with E-state index in [0.717, 1.165) is 15.5 Å². The van der Waals surface area contributed by atoms with E-state index in [1.54, 1.807) is 19.2 Å². The Morgan fingerprint density at radius 1 is 1.25 bits per heavy atom. The van der Waals surface area contributed by atoms with Crippen LogP contribution >= 0.6 is 15.9 Å². The highest BCUT2D eigenvalue weighted by Crippen LogP contribution is 2.25. The van der Waals surface area contributed by atoms with E-state index < -0.39 is 0 Å². The lowest BCUT2D eigenvalue weighted by atomic mass is 10.2. The van der Waals surface area contributed by atoms with Crippen molar-refractivity contribution in [3.8, 4) is 5.75 Å². The molecule has 0 N–H and O–H groups in total. The number of ether oxygens (including phenoxy) is 1. The van der Waals surface area contributed by atoms with Gasteiger partial charge in [0.1, 0.15) is 12.1 Å². The van der Waals surface area contributed by atoms with Crippen molar-refractivity contribution in [2.75, 3.05) is 7.11 Å². The number of hydrogen-bond donors (Lipinski definition) is 0. The molecule has 0 spiro atoms. The number of aromatic nitrogens is 2. The second-order valence-electron chi connectivity index (χ2n) is 4.25. The number of nitrogens with zero attached hydrogens (tertiary/aromatic N) is 2. The Bertz CT molecular complexity index is 795. The number of carbonyl (C=O) groups excluding carboxylic acids is 1. The molecular weight excluding hydrogens is 320 g/mol. The largest absolute Gasteiger partial charge is 0.496 e. The Balaban J connectivity index is 2.15. The summed E-state index contributed by atoms with van der Waals surface area (Å²) in [4.78, 5) is 16.9. The molecule has 2 aromatic carbocycles. The summed E-state index contributed by atoms with van der Waals surface area (Å²) < 4.78 is 7.61. The first-order chi connectivity index (χ1) is 9.70. The molecule has 20 heavy (non-hydrogen) atoms. The van der Waals surface area contributed by atoms with Gasteiger partial charge in [-0.25, -0.2) is 4.98 Å². The monoisotopic (exact) mass is 330 g/mol. The van der Waals surface area contributed by atoms with E-state index in [4.69, 9.17) is 4.74 Å². The maximum Gasteiger partial charge on any atom is 0.267 e. The van der Waals surface area contributed by atoms with Crippen molar-refractivity contribution in [2.24, 2.45) is 0 Å². The van der Waals surface area contributed by atoms with Crippen LogP contribution in [-0.4, -0.2) is 22.6 Å². The van der Waals surface area contributed by atoms with Gasteiger partial charge in [0.2, 0.25) is 0 Å². The van der Waals surface area contributed by atoms with Gasteiger partial charge in [-0.2, -0.15) is 0 Å². The van der Waals surface area contributed by atoms with Crippen LogP contribution in [-0.2, 0) is 0 Å². The Morgan fingerprint density at radius 2 is 2.05 bits per heavy atom. The quantitative estimate of drug-likeness (QED) is 0.722. The summed E-state index contributed by atoms with van der Waals surface area (Å²) in [6, 6.07) is 12.9. The summed E-state index contributed by atoms with van der Waals surface area (Å²) in [6.07, 6.45) is 1.54. The van der Waals surface area contributed by atoms with Gasteiger partial charge in [0.25, 0.3) is 5.91 Å². The summed E-state index contributed by atoms with van der Waals surface area (Å²) in [5.41, 5.74) is 2.05. The first-order valence-electron chi connectivity index (χ1n) is 6.01. The number of carbonyl (C=O) groups is 1. The zero-order chi connectivity index (χ0) is 14.1. The molecule has 0 aliphatic carbocycles. The first kappa shape index (κ1) is 12.9. The highest BCUT2D eigenvalue weighted by atomic mass is 79.9. The predicted molar refractivity (Wildman–Crippen MR) is 80.2 cm³/mol. The minimum absolute atomic E-state index is 0.170. The van der Waals surface area contributed by atoms with Crippen LogP contribution in [0.4, 0.5) is 0 Å². The Kier molecular flexibility index (Phi) is 3.28. The predicted octanol–water partition coefficient (Wildman–Crippen LogP) is 3.50. The van der Waals surface area contributed by atoms with Crippen molar-refractivity contribution in [1.82, 2.24) is 9.55 Å². The van der Waals surface area contributed by atoms with Crippen LogP contribution in [0.3, 0.4) is 0 Å². The molecule has 100 valence electrons. The molecule has 0 aliphatic rings. The number of benzene rings is 2. The van der Waals surface area contributed by atoms with Crippen LogP contribution in [0.1, 0.15) is 10.4 Å². The SMILES string of the molecule is COc1ccc(Br)cc1C(=O)n1cnc2ccccc21. The highest BCUT2D eigenvalue weighted by Gasteiger charge is 2.16. The van der Waals surface area contributed by atoms with Crippen LogP contribution in [0.2, 0.25) is 0 Å². The number of imidazole rings is 1. The number of para-hydroxylation sites is 2. The second-order valence-corrected chi connectivity index (χ2v) is 5.17. The second kappa shape index (κ2) is 5.09. The molecule has 0 unspecified atom stereocenters. The number of hydrogen-bond acceptors (Lipinski definition) is 3. The molecule has 5 heteroatoms.